The van der Waals surface area contributed by atoms with Crippen molar-refractivity contribution in [1.29, 1.82) is 0 Å². The quantitative estimate of drug-likeness (QED) is 0.364. The van der Waals surface area contributed by atoms with E-state index in [2.05, 4.69) is 38.6 Å². The van der Waals surface area contributed by atoms with Crippen LogP contribution in [0.1, 0.15) is 38.3 Å². The van der Waals surface area contributed by atoms with E-state index in [0.717, 1.165) is 64.5 Å². The van der Waals surface area contributed by atoms with Gasteiger partial charge in [-0.3, -0.25) is 14.5 Å². The molecule has 0 spiro atoms. The topological polar surface area (TPSA) is 73.9 Å². The van der Waals surface area contributed by atoms with Gasteiger partial charge in [0.05, 0.1) is 18.8 Å². The highest BCUT2D eigenvalue weighted by Gasteiger charge is 2.22. The molecule has 2 heterocycles. The number of rotatable bonds is 8. The van der Waals surface area contributed by atoms with Gasteiger partial charge in [-0.1, -0.05) is 47.5 Å². The third-order valence-electron chi connectivity index (χ3n) is 7.14. The maximum atomic E-state index is 13.5. The first-order chi connectivity index (χ1) is 19.0. The van der Waals surface area contributed by atoms with Crippen LogP contribution in [0.3, 0.4) is 0 Å². The Morgan fingerprint density at radius 3 is 2.38 bits per heavy atom. The molecule has 0 saturated carbocycles. The first kappa shape index (κ1) is 27.5. The van der Waals surface area contributed by atoms with Gasteiger partial charge in [0, 0.05) is 59.7 Å². The lowest BCUT2D eigenvalue weighted by atomic mass is 9.98. The second-order valence-corrected chi connectivity index (χ2v) is 10.7. The zero-order valence-corrected chi connectivity index (χ0v) is 23.2. The van der Waals surface area contributed by atoms with Crippen LogP contribution in [-0.4, -0.2) is 62.7 Å². The predicted molar refractivity (Wildman–Crippen MR) is 156 cm³/mol. The van der Waals surface area contributed by atoms with Crippen LogP contribution in [0.15, 0.2) is 60.7 Å². The van der Waals surface area contributed by atoms with E-state index in [1.54, 1.807) is 24.3 Å². The number of carbonyl (C=O) groups excluding carboxylic acids is 2. The van der Waals surface area contributed by atoms with Crippen LogP contribution in [-0.2, 0) is 17.7 Å². The van der Waals surface area contributed by atoms with E-state index in [9.17, 15) is 9.59 Å². The Labute approximate surface area is 239 Å². The third kappa shape index (κ3) is 7.11. The Morgan fingerprint density at radius 1 is 0.872 bits per heavy atom. The van der Waals surface area contributed by atoms with Gasteiger partial charge in [0.1, 0.15) is 0 Å². The molecule has 0 bridgehead atoms. The van der Waals surface area contributed by atoms with Crippen molar-refractivity contribution in [1.82, 2.24) is 10.2 Å². The SMILES string of the molecule is O=C(Nc1ccc(N2CCc3ccccc3C2)c(C(=O)NCCCN2CCOCC2)c1)c1cc(Cl)cc(Cl)c1. The molecule has 39 heavy (non-hydrogen) atoms. The first-order valence-electron chi connectivity index (χ1n) is 13.3. The number of anilines is 2. The van der Waals surface area contributed by atoms with E-state index < -0.39 is 0 Å². The van der Waals surface area contributed by atoms with E-state index in [4.69, 9.17) is 27.9 Å². The summed E-state index contributed by atoms with van der Waals surface area (Å²) in [6, 6.07) is 18.6. The lowest BCUT2D eigenvalue weighted by Gasteiger charge is -2.32. The highest BCUT2D eigenvalue weighted by molar-refractivity contribution is 6.35. The molecular weight excluding hydrogens is 535 g/mol. The summed E-state index contributed by atoms with van der Waals surface area (Å²) in [6.45, 7) is 6.38. The summed E-state index contributed by atoms with van der Waals surface area (Å²) >= 11 is 12.2. The Balaban J connectivity index is 1.33. The lowest BCUT2D eigenvalue weighted by Crippen LogP contribution is -2.38. The minimum atomic E-state index is -0.351. The number of nitrogens with one attached hydrogen (secondary N) is 2. The molecule has 1 saturated heterocycles. The Morgan fingerprint density at radius 2 is 1.62 bits per heavy atom. The van der Waals surface area contributed by atoms with Crippen LogP contribution < -0.4 is 15.5 Å². The first-order valence-corrected chi connectivity index (χ1v) is 14.0. The Hall–Kier alpha value is -3.10. The molecule has 2 amide bonds. The molecule has 0 radical (unpaired) electrons. The number of fused-ring (bicyclic) bond motifs is 1. The van der Waals surface area contributed by atoms with Gasteiger partial charge in [0.15, 0.2) is 0 Å². The van der Waals surface area contributed by atoms with Gasteiger partial charge in [0.25, 0.3) is 11.8 Å². The smallest absolute Gasteiger partial charge is 0.255 e. The Bertz CT molecular complexity index is 1320. The van der Waals surface area contributed by atoms with Gasteiger partial charge in [-0.25, -0.2) is 0 Å². The zero-order chi connectivity index (χ0) is 27.2. The average Bonchev–Trinajstić information content (AvgIpc) is 2.95. The van der Waals surface area contributed by atoms with Crippen LogP contribution in [0, 0.1) is 0 Å². The minimum Gasteiger partial charge on any atom is -0.379 e. The molecule has 0 aliphatic carbocycles. The molecule has 2 aliphatic heterocycles. The second-order valence-electron chi connectivity index (χ2n) is 9.85. The average molecular weight is 568 g/mol. The number of benzene rings is 3. The summed E-state index contributed by atoms with van der Waals surface area (Å²) in [5, 5.41) is 6.74. The molecule has 9 heteroatoms. The fourth-order valence-electron chi connectivity index (χ4n) is 5.09. The van der Waals surface area contributed by atoms with Crippen molar-refractivity contribution in [2.24, 2.45) is 0 Å². The van der Waals surface area contributed by atoms with Crippen molar-refractivity contribution in [3.8, 4) is 0 Å². The van der Waals surface area contributed by atoms with E-state index in [0.29, 0.717) is 33.4 Å². The number of hydrogen-bond donors (Lipinski definition) is 2. The van der Waals surface area contributed by atoms with Crippen LogP contribution >= 0.6 is 23.2 Å². The highest BCUT2D eigenvalue weighted by atomic mass is 35.5. The third-order valence-corrected chi connectivity index (χ3v) is 7.57. The number of amides is 2. The summed E-state index contributed by atoms with van der Waals surface area (Å²) in [5.74, 6) is -0.511. The number of carbonyl (C=O) groups is 2. The van der Waals surface area contributed by atoms with Gasteiger partial charge in [0.2, 0.25) is 0 Å². The molecule has 7 nitrogen and oxygen atoms in total. The number of halogens is 2. The predicted octanol–water partition coefficient (Wildman–Crippen LogP) is 5.26. The lowest BCUT2D eigenvalue weighted by molar-refractivity contribution is 0.0374. The number of hydrogen-bond acceptors (Lipinski definition) is 5. The van der Waals surface area contributed by atoms with Gasteiger partial charge < -0.3 is 20.3 Å². The van der Waals surface area contributed by atoms with Crippen molar-refractivity contribution in [3.63, 3.8) is 0 Å². The molecule has 2 aliphatic rings. The van der Waals surface area contributed by atoms with E-state index in [1.807, 2.05) is 18.2 Å². The molecule has 2 N–H and O–H groups in total. The fourth-order valence-corrected chi connectivity index (χ4v) is 5.61. The fraction of sp³-hybridized carbons (Fsp3) is 0.333. The van der Waals surface area contributed by atoms with Crippen molar-refractivity contribution in [2.75, 3.05) is 56.2 Å². The molecule has 204 valence electrons. The van der Waals surface area contributed by atoms with Crippen LogP contribution in [0.25, 0.3) is 0 Å². The molecule has 0 unspecified atom stereocenters. The number of nitrogens with zero attached hydrogens (tertiary/aromatic N) is 2. The summed E-state index contributed by atoms with van der Waals surface area (Å²) in [5.41, 5.74) is 4.85. The number of ether oxygens (including phenoxy) is 1. The van der Waals surface area contributed by atoms with Crippen LogP contribution in [0.4, 0.5) is 11.4 Å². The van der Waals surface area contributed by atoms with Crippen LogP contribution in [0.5, 0.6) is 0 Å². The molecule has 0 aromatic heterocycles. The van der Waals surface area contributed by atoms with Gasteiger partial charge in [-0.05, 0) is 66.9 Å². The standard InChI is InChI=1S/C30H32Cl2N4O3/c31-24-16-23(17-25(32)18-24)29(37)34-26-6-7-28(36-11-8-21-4-1-2-5-22(21)20-36)27(19-26)30(38)33-9-3-10-35-12-14-39-15-13-35/h1-2,4-7,16-19H,3,8-15,20H2,(H,33,38)(H,34,37). The molecule has 0 atom stereocenters. The van der Waals surface area contributed by atoms with Gasteiger partial charge in [-0.15, -0.1) is 0 Å². The zero-order valence-electron chi connectivity index (χ0n) is 21.7. The van der Waals surface area contributed by atoms with E-state index >= 15 is 0 Å². The van der Waals surface area contributed by atoms with E-state index in [1.165, 1.54) is 11.1 Å². The summed E-state index contributed by atoms with van der Waals surface area (Å²) in [4.78, 5) is 31.0. The molecule has 3 aromatic carbocycles. The van der Waals surface area contributed by atoms with Crippen molar-refractivity contribution < 1.29 is 14.3 Å². The van der Waals surface area contributed by atoms with Gasteiger partial charge >= 0.3 is 0 Å². The summed E-state index contributed by atoms with van der Waals surface area (Å²) in [7, 11) is 0. The molecular formula is C30H32Cl2N4O3. The maximum absolute atomic E-state index is 13.5. The Kier molecular flexibility index (Phi) is 9.04. The normalized spacial score (nSPS) is 15.5. The van der Waals surface area contributed by atoms with E-state index in [-0.39, 0.29) is 11.8 Å². The largest absolute Gasteiger partial charge is 0.379 e. The van der Waals surface area contributed by atoms with Crippen molar-refractivity contribution in [3.05, 3.63) is 93.0 Å². The molecule has 3 aromatic rings. The molecule has 1 fully saturated rings. The van der Waals surface area contributed by atoms with Crippen molar-refractivity contribution in [2.45, 2.75) is 19.4 Å². The van der Waals surface area contributed by atoms with Gasteiger partial charge in [-0.2, -0.15) is 0 Å². The van der Waals surface area contributed by atoms with Crippen molar-refractivity contribution >= 4 is 46.4 Å². The maximum Gasteiger partial charge on any atom is 0.255 e. The summed E-state index contributed by atoms with van der Waals surface area (Å²) < 4.78 is 5.41. The molecule has 5 rings (SSSR count). The second kappa shape index (κ2) is 12.8. The summed E-state index contributed by atoms with van der Waals surface area (Å²) in [6.07, 6.45) is 1.76. The number of morpholine rings is 1. The highest BCUT2D eigenvalue weighted by Crippen LogP contribution is 2.30. The minimum absolute atomic E-state index is 0.160. The van der Waals surface area contributed by atoms with Crippen LogP contribution in [0.2, 0.25) is 10.0 Å². The monoisotopic (exact) mass is 566 g/mol.